The van der Waals surface area contributed by atoms with Gasteiger partial charge in [-0.3, -0.25) is 9.48 Å². The van der Waals surface area contributed by atoms with E-state index in [1.807, 2.05) is 61.7 Å². The molecule has 0 fully saturated rings. The zero-order valence-corrected chi connectivity index (χ0v) is 13.6. The molecule has 0 aliphatic rings. The maximum atomic E-state index is 12.6. The van der Waals surface area contributed by atoms with E-state index in [-0.39, 0.29) is 17.9 Å². The first-order valence-corrected chi connectivity index (χ1v) is 8.14. The molecular formula is C19H21N3O2. The average Bonchev–Trinajstić information content (AvgIpc) is 3.31. The lowest BCUT2D eigenvalue weighted by Crippen LogP contribution is -2.34. The van der Waals surface area contributed by atoms with Gasteiger partial charge in [-0.15, -0.1) is 0 Å². The molecule has 0 aliphatic carbocycles. The number of aromatic nitrogens is 2. The van der Waals surface area contributed by atoms with Crippen LogP contribution in [0.1, 0.15) is 36.6 Å². The molecule has 2 heterocycles. The Morgan fingerprint density at radius 1 is 1.21 bits per heavy atom. The van der Waals surface area contributed by atoms with E-state index in [2.05, 4.69) is 10.4 Å². The van der Waals surface area contributed by atoms with Crippen LogP contribution in [0.2, 0.25) is 0 Å². The van der Waals surface area contributed by atoms with E-state index >= 15 is 0 Å². The molecule has 2 atom stereocenters. The molecule has 0 spiro atoms. The van der Waals surface area contributed by atoms with Gasteiger partial charge in [0.25, 0.3) is 0 Å². The fourth-order valence-corrected chi connectivity index (χ4v) is 2.85. The molecule has 1 N–H and O–H groups in total. The Morgan fingerprint density at radius 2 is 2.04 bits per heavy atom. The number of nitrogens with one attached hydrogen (secondary N) is 1. The summed E-state index contributed by atoms with van der Waals surface area (Å²) < 4.78 is 7.31. The Balaban J connectivity index is 1.71. The van der Waals surface area contributed by atoms with Gasteiger partial charge in [0, 0.05) is 18.9 Å². The fourth-order valence-electron chi connectivity index (χ4n) is 2.85. The number of amides is 1. The molecule has 1 amide bonds. The van der Waals surface area contributed by atoms with Crippen LogP contribution in [0.15, 0.2) is 71.6 Å². The lowest BCUT2D eigenvalue weighted by Gasteiger charge is -2.19. The maximum Gasteiger partial charge on any atom is 0.227 e. The summed E-state index contributed by atoms with van der Waals surface area (Å²) in [6.07, 6.45) is 5.97. The van der Waals surface area contributed by atoms with Gasteiger partial charge in [-0.25, -0.2) is 0 Å². The number of furan rings is 1. The van der Waals surface area contributed by atoms with Gasteiger partial charge in [0.2, 0.25) is 5.91 Å². The molecule has 3 rings (SSSR count). The van der Waals surface area contributed by atoms with Crippen LogP contribution in [0.4, 0.5) is 0 Å². The van der Waals surface area contributed by atoms with Crippen molar-refractivity contribution in [1.29, 1.82) is 0 Å². The lowest BCUT2D eigenvalue weighted by molar-refractivity contribution is -0.122. The summed E-state index contributed by atoms with van der Waals surface area (Å²) in [5.41, 5.74) is 1.03. The third-order valence-corrected chi connectivity index (χ3v) is 4.11. The van der Waals surface area contributed by atoms with Crippen molar-refractivity contribution in [2.75, 3.05) is 6.54 Å². The maximum absolute atomic E-state index is 12.6. The second-order valence-electron chi connectivity index (χ2n) is 5.63. The fraction of sp³-hybridized carbons (Fsp3) is 0.263. The summed E-state index contributed by atoms with van der Waals surface area (Å²) >= 11 is 0. The minimum absolute atomic E-state index is 0.0208. The summed E-state index contributed by atoms with van der Waals surface area (Å²) in [6, 6.07) is 15.3. The van der Waals surface area contributed by atoms with E-state index in [0.717, 1.165) is 17.7 Å². The second kappa shape index (κ2) is 7.64. The highest BCUT2D eigenvalue weighted by atomic mass is 16.3. The molecule has 5 nitrogen and oxygen atoms in total. The highest BCUT2D eigenvalue weighted by Crippen LogP contribution is 2.21. The van der Waals surface area contributed by atoms with Gasteiger partial charge in [-0.2, -0.15) is 5.10 Å². The first-order valence-electron chi connectivity index (χ1n) is 8.14. The van der Waals surface area contributed by atoms with Gasteiger partial charge in [0.15, 0.2) is 0 Å². The molecule has 0 saturated heterocycles. The highest BCUT2D eigenvalue weighted by molar-refractivity contribution is 5.83. The molecule has 0 saturated carbocycles. The zero-order valence-electron chi connectivity index (χ0n) is 13.6. The smallest absolute Gasteiger partial charge is 0.227 e. The molecule has 0 radical (unpaired) electrons. The highest BCUT2D eigenvalue weighted by Gasteiger charge is 2.22. The third kappa shape index (κ3) is 3.56. The molecule has 124 valence electrons. The monoisotopic (exact) mass is 323 g/mol. The SMILES string of the molecule is CC[C@H](C(=O)NC[C@H](c1ccco1)n1cccn1)c1ccccc1. The van der Waals surface area contributed by atoms with Crippen molar-refractivity contribution in [1.82, 2.24) is 15.1 Å². The number of hydrogen-bond acceptors (Lipinski definition) is 3. The third-order valence-electron chi connectivity index (χ3n) is 4.11. The van der Waals surface area contributed by atoms with Gasteiger partial charge in [0.1, 0.15) is 11.8 Å². The van der Waals surface area contributed by atoms with E-state index < -0.39 is 0 Å². The second-order valence-corrected chi connectivity index (χ2v) is 5.63. The Hall–Kier alpha value is -2.82. The van der Waals surface area contributed by atoms with Crippen molar-refractivity contribution in [3.05, 3.63) is 78.5 Å². The quantitative estimate of drug-likeness (QED) is 0.725. The number of benzene rings is 1. The van der Waals surface area contributed by atoms with Gasteiger partial charge in [-0.05, 0) is 30.2 Å². The summed E-state index contributed by atoms with van der Waals surface area (Å²) in [7, 11) is 0. The number of carbonyl (C=O) groups excluding carboxylic acids is 1. The number of carbonyl (C=O) groups is 1. The van der Waals surface area contributed by atoms with Crippen LogP contribution >= 0.6 is 0 Å². The topological polar surface area (TPSA) is 60.1 Å². The Bertz CT molecular complexity index is 702. The largest absolute Gasteiger partial charge is 0.467 e. The predicted molar refractivity (Wildman–Crippen MR) is 91.6 cm³/mol. The summed E-state index contributed by atoms with van der Waals surface area (Å²) in [5, 5.41) is 7.33. The van der Waals surface area contributed by atoms with Crippen molar-refractivity contribution in [2.24, 2.45) is 0 Å². The van der Waals surface area contributed by atoms with Crippen LogP contribution in [-0.4, -0.2) is 22.2 Å². The molecular weight excluding hydrogens is 302 g/mol. The molecule has 0 unspecified atom stereocenters. The molecule has 5 heteroatoms. The Kier molecular flexibility index (Phi) is 5.11. The lowest BCUT2D eigenvalue weighted by atomic mass is 9.95. The zero-order chi connectivity index (χ0) is 16.8. The van der Waals surface area contributed by atoms with Crippen molar-refractivity contribution in [2.45, 2.75) is 25.3 Å². The number of rotatable bonds is 7. The minimum Gasteiger partial charge on any atom is -0.467 e. The van der Waals surface area contributed by atoms with Crippen LogP contribution in [-0.2, 0) is 4.79 Å². The Labute approximate surface area is 141 Å². The van der Waals surface area contributed by atoms with Crippen molar-refractivity contribution >= 4 is 5.91 Å². The van der Waals surface area contributed by atoms with Crippen molar-refractivity contribution in [3.8, 4) is 0 Å². The van der Waals surface area contributed by atoms with E-state index in [0.29, 0.717) is 6.54 Å². The predicted octanol–water partition coefficient (Wildman–Crippen LogP) is 3.38. The molecule has 1 aromatic carbocycles. The first kappa shape index (κ1) is 16.1. The Morgan fingerprint density at radius 3 is 2.67 bits per heavy atom. The summed E-state index contributed by atoms with van der Waals surface area (Å²) in [6.45, 7) is 2.45. The first-order chi connectivity index (χ1) is 11.8. The van der Waals surface area contributed by atoms with Gasteiger partial charge >= 0.3 is 0 Å². The van der Waals surface area contributed by atoms with Crippen LogP contribution in [0.5, 0.6) is 0 Å². The normalized spacial score (nSPS) is 13.4. The summed E-state index contributed by atoms with van der Waals surface area (Å²) in [5.74, 6) is 0.639. The molecule has 2 aromatic heterocycles. The van der Waals surface area contributed by atoms with Crippen LogP contribution < -0.4 is 5.32 Å². The number of hydrogen-bond donors (Lipinski definition) is 1. The van der Waals surface area contributed by atoms with Crippen molar-refractivity contribution in [3.63, 3.8) is 0 Å². The summed E-state index contributed by atoms with van der Waals surface area (Å²) in [4.78, 5) is 12.6. The van der Waals surface area contributed by atoms with E-state index in [1.165, 1.54) is 0 Å². The van der Waals surface area contributed by atoms with Crippen LogP contribution in [0, 0.1) is 0 Å². The minimum atomic E-state index is -0.160. The molecule has 0 bridgehead atoms. The molecule has 24 heavy (non-hydrogen) atoms. The van der Waals surface area contributed by atoms with Crippen molar-refractivity contribution < 1.29 is 9.21 Å². The van der Waals surface area contributed by atoms with E-state index in [9.17, 15) is 4.79 Å². The van der Waals surface area contributed by atoms with Gasteiger partial charge in [-0.1, -0.05) is 37.3 Å². The molecule has 0 aliphatic heterocycles. The van der Waals surface area contributed by atoms with Crippen LogP contribution in [0.3, 0.4) is 0 Å². The van der Waals surface area contributed by atoms with Gasteiger partial charge in [0.05, 0.1) is 12.2 Å². The van der Waals surface area contributed by atoms with Gasteiger partial charge < -0.3 is 9.73 Å². The standard InChI is InChI=1S/C19H21N3O2/c1-2-16(15-8-4-3-5-9-15)19(23)20-14-17(18-10-6-13-24-18)22-12-7-11-21-22/h3-13,16-17H,2,14H2,1H3,(H,20,23)/t16-,17+/m0/s1. The van der Waals surface area contributed by atoms with E-state index in [1.54, 1.807) is 17.1 Å². The average molecular weight is 323 g/mol. The number of nitrogens with zero attached hydrogens (tertiary/aromatic N) is 2. The molecule has 3 aromatic rings. The van der Waals surface area contributed by atoms with Crippen LogP contribution in [0.25, 0.3) is 0 Å². The van der Waals surface area contributed by atoms with E-state index in [4.69, 9.17) is 4.42 Å².